The van der Waals surface area contributed by atoms with Crippen molar-refractivity contribution in [2.75, 3.05) is 11.9 Å². The summed E-state index contributed by atoms with van der Waals surface area (Å²) in [7, 11) is 0. The number of aromatic nitrogens is 2. The fourth-order valence-corrected chi connectivity index (χ4v) is 3.41. The lowest BCUT2D eigenvalue weighted by Gasteiger charge is -2.10. The lowest BCUT2D eigenvalue weighted by atomic mass is 10.0. The molecule has 142 valence electrons. The Morgan fingerprint density at radius 1 is 1.18 bits per heavy atom. The zero-order valence-corrected chi connectivity index (χ0v) is 15.2. The number of fused-ring (bicyclic) bond motifs is 1. The van der Waals surface area contributed by atoms with Crippen molar-refractivity contribution in [2.24, 2.45) is 5.73 Å². The number of hydrogen-bond acceptors (Lipinski definition) is 4. The summed E-state index contributed by atoms with van der Waals surface area (Å²) in [4.78, 5) is 31.8. The molecule has 1 unspecified atom stereocenters. The van der Waals surface area contributed by atoms with Crippen molar-refractivity contribution < 1.29 is 9.59 Å². The molecular weight excluding hydrogens is 354 g/mol. The molecule has 0 aliphatic carbocycles. The number of pyridine rings is 1. The summed E-state index contributed by atoms with van der Waals surface area (Å²) in [6, 6.07) is 12.7. The number of H-pyrrole nitrogens is 1. The summed E-state index contributed by atoms with van der Waals surface area (Å²) >= 11 is 0. The summed E-state index contributed by atoms with van der Waals surface area (Å²) in [6.45, 7) is 0.862. The summed E-state index contributed by atoms with van der Waals surface area (Å²) in [6.07, 6.45) is 5.36. The van der Waals surface area contributed by atoms with Crippen LogP contribution in [0, 0.1) is 0 Å². The predicted molar refractivity (Wildman–Crippen MR) is 109 cm³/mol. The maximum Gasteiger partial charge on any atom is 0.249 e. The summed E-state index contributed by atoms with van der Waals surface area (Å²) in [5.74, 6) is -0.0839. The zero-order chi connectivity index (χ0) is 19.5. The molecule has 0 saturated carbocycles. The fourth-order valence-electron chi connectivity index (χ4n) is 3.41. The van der Waals surface area contributed by atoms with Crippen LogP contribution in [0.5, 0.6) is 0 Å². The third-order valence-electron chi connectivity index (χ3n) is 4.85. The van der Waals surface area contributed by atoms with E-state index in [0.29, 0.717) is 17.0 Å². The van der Waals surface area contributed by atoms with E-state index in [9.17, 15) is 9.59 Å². The molecule has 4 rings (SSSR count). The van der Waals surface area contributed by atoms with E-state index in [1.165, 1.54) is 0 Å². The number of rotatable bonds is 5. The van der Waals surface area contributed by atoms with Gasteiger partial charge in [0.15, 0.2) is 0 Å². The Bertz CT molecular complexity index is 1050. The van der Waals surface area contributed by atoms with Gasteiger partial charge in [-0.1, -0.05) is 30.3 Å². The van der Waals surface area contributed by atoms with Crippen LogP contribution in [0.1, 0.15) is 24.0 Å². The smallest absolute Gasteiger partial charge is 0.249 e. The van der Waals surface area contributed by atoms with E-state index in [1.54, 1.807) is 18.3 Å². The van der Waals surface area contributed by atoms with Gasteiger partial charge in [-0.25, -0.2) is 4.98 Å². The van der Waals surface area contributed by atoms with Gasteiger partial charge in [0.2, 0.25) is 11.8 Å². The van der Waals surface area contributed by atoms with Crippen LogP contribution >= 0.6 is 0 Å². The van der Waals surface area contributed by atoms with Crippen molar-refractivity contribution in [1.29, 1.82) is 0 Å². The molecule has 1 fully saturated rings. The van der Waals surface area contributed by atoms with Crippen LogP contribution in [0.3, 0.4) is 0 Å². The largest absolute Gasteiger partial charge is 0.366 e. The first-order chi connectivity index (χ1) is 13.6. The van der Waals surface area contributed by atoms with E-state index in [4.69, 9.17) is 5.73 Å². The molecule has 1 saturated heterocycles. The van der Waals surface area contributed by atoms with Gasteiger partial charge in [-0.05, 0) is 43.2 Å². The number of hydrogen-bond donors (Lipinski definition) is 4. The first-order valence-electron chi connectivity index (χ1n) is 9.21. The topological polar surface area (TPSA) is 113 Å². The number of carbonyl (C=O) groups excluding carboxylic acids is 2. The molecule has 7 nitrogen and oxygen atoms in total. The second-order valence-corrected chi connectivity index (χ2v) is 6.76. The number of nitrogens with one attached hydrogen (secondary N) is 3. The Hall–Kier alpha value is -3.45. The van der Waals surface area contributed by atoms with E-state index >= 15 is 0 Å². The normalized spacial score (nSPS) is 17.0. The maximum atomic E-state index is 12.2. The molecular formula is C21H21N5O2. The number of amides is 2. The van der Waals surface area contributed by atoms with Gasteiger partial charge in [-0.3, -0.25) is 9.59 Å². The molecule has 28 heavy (non-hydrogen) atoms. The highest BCUT2D eigenvalue weighted by molar-refractivity contribution is 6.24. The van der Waals surface area contributed by atoms with Gasteiger partial charge in [0.1, 0.15) is 11.5 Å². The molecule has 1 aliphatic heterocycles. The third-order valence-corrected chi connectivity index (χ3v) is 4.85. The first kappa shape index (κ1) is 17.9. The van der Waals surface area contributed by atoms with Crippen molar-refractivity contribution >= 4 is 40.3 Å². The maximum absolute atomic E-state index is 12.2. The fraction of sp³-hybridized carbons (Fsp3) is 0.190. The zero-order valence-electron chi connectivity index (χ0n) is 15.2. The van der Waals surface area contributed by atoms with Crippen LogP contribution in [0.25, 0.3) is 22.7 Å². The minimum absolute atomic E-state index is 0.0730. The van der Waals surface area contributed by atoms with E-state index < -0.39 is 5.91 Å². The third kappa shape index (κ3) is 3.65. The van der Waals surface area contributed by atoms with Gasteiger partial charge in [0.05, 0.1) is 6.04 Å². The highest BCUT2D eigenvalue weighted by Gasteiger charge is 2.22. The van der Waals surface area contributed by atoms with Crippen molar-refractivity contribution in [3.8, 4) is 0 Å². The Kier molecular flexibility index (Phi) is 4.90. The lowest BCUT2D eigenvalue weighted by Crippen LogP contribution is -2.35. The van der Waals surface area contributed by atoms with Gasteiger partial charge in [0.25, 0.3) is 0 Å². The summed E-state index contributed by atoms with van der Waals surface area (Å²) in [5.41, 5.74) is 8.19. The van der Waals surface area contributed by atoms with Crippen LogP contribution in [-0.4, -0.2) is 34.4 Å². The number of anilines is 1. The second-order valence-electron chi connectivity index (χ2n) is 6.76. The monoisotopic (exact) mass is 375 g/mol. The molecule has 0 spiro atoms. The van der Waals surface area contributed by atoms with Crippen molar-refractivity contribution in [1.82, 2.24) is 15.3 Å². The Balaban J connectivity index is 1.62. The average Bonchev–Trinajstić information content (AvgIpc) is 3.36. The molecule has 7 heteroatoms. The standard InChI is InChI=1S/C21H21N5O2/c22-19(27)16(13-5-2-1-3-6-13)11-14-12-24-20-15(14)8-9-18(25-20)26-21(28)17-7-4-10-23-17/h1-3,5-6,8-9,11-12,17,23H,4,7,10H2,(H2,22,27)(H2,24,25,26,28). The molecule has 0 bridgehead atoms. The minimum Gasteiger partial charge on any atom is -0.366 e. The molecule has 1 atom stereocenters. The molecule has 2 amide bonds. The Morgan fingerprint density at radius 2 is 2.00 bits per heavy atom. The number of nitrogens with two attached hydrogens (primary N) is 1. The molecule has 2 aromatic heterocycles. The molecule has 5 N–H and O–H groups in total. The van der Waals surface area contributed by atoms with Crippen molar-refractivity contribution in [3.63, 3.8) is 0 Å². The molecule has 1 aliphatic rings. The average molecular weight is 375 g/mol. The van der Waals surface area contributed by atoms with Gasteiger partial charge in [-0.15, -0.1) is 0 Å². The molecule has 3 heterocycles. The van der Waals surface area contributed by atoms with Crippen LogP contribution in [0.4, 0.5) is 5.82 Å². The SMILES string of the molecule is NC(=O)C(=Cc1c[nH]c2nc(NC(=O)C3CCCN3)ccc12)c1ccccc1. The van der Waals surface area contributed by atoms with Crippen LogP contribution in [0.2, 0.25) is 0 Å². The lowest BCUT2D eigenvalue weighted by molar-refractivity contribution is -0.117. The quantitative estimate of drug-likeness (QED) is 0.512. The molecule has 1 aromatic carbocycles. The highest BCUT2D eigenvalue weighted by Crippen LogP contribution is 2.24. The van der Waals surface area contributed by atoms with Crippen LogP contribution < -0.4 is 16.4 Å². The number of primary amides is 1. The van der Waals surface area contributed by atoms with E-state index in [1.807, 2.05) is 36.4 Å². The number of carbonyl (C=O) groups is 2. The number of nitrogens with zero attached hydrogens (tertiary/aromatic N) is 1. The summed E-state index contributed by atoms with van der Waals surface area (Å²) in [5, 5.41) is 6.85. The van der Waals surface area contributed by atoms with Gasteiger partial charge in [-0.2, -0.15) is 0 Å². The predicted octanol–water partition coefficient (Wildman–Crippen LogP) is 2.28. The van der Waals surface area contributed by atoms with E-state index in [-0.39, 0.29) is 11.9 Å². The number of benzene rings is 1. The highest BCUT2D eigenvalue weighted by atomic mass is 16.2. The van der Waals surface area contributed by atoms with Crippen molar-refractivity contribution in [3.05, 3.63) is 59.8 Å². The summed E-state index contributed by atoms with van der Waals surface area (Å²) < 4.78 is 0. The Morgan fingerprint density at radius 3 is 2.71 bits per heavy atom. The van der Waals surface area contributed by atoms with Crippen LogP contribution in [0.15, 0.2) is 48.7 Å². The molecule has 0 radical (unpaired) electrons. The van der Waals surface area contributed by atoms with Crippen LogP contribution in [-0.2, 0) is 9.59 Å². The first-order valence-corrected chi connectivity index (χ1v) is 9.21. The molecule has 3 aromatic rings. The van der Waals surface area contributed by atoms with E-state index in [2.05, 4.69) is 20.6 Å². The van der Waals surface area contributed by atoms with Gasteiger partial charge in [0, 0.05) is 22.7 Å². The number of aromatic amines is 1. The van der Waals surface area contributed by atoms with Gasteiger partial charge >= 0.3 is 0 Å². The van der Waals surface area contributed by atoms with Crippen molar-refractivity contribution in [2.45, 2.75) is 18.9 Å². The second kappa shape index (κ2) is 7.66. The van der Waals surface area contributed by atoms with Gasteiger partial charge < -0.3 is 21.4 Å². The Labute approximate surface area is 162 Å². The minimum atomic E-state index is -0.499. The van der Waals surface area contributed by atoms with E-state index in [0.717, 1.165) is 35.9 Å².